The Morgan fingerprint density at radius 3 is 2.93 bits per heavy atom. The number of methoxy groups -OCH3 is 1. The van der Waals surface area contributed by atoms with Crippen LogP contribution in [-0.4, -0.2) is 45.9 Å². The Morgan fingerprint density at radius 1 is 1.32 bits per heavy atom. The van der Waals surface area contributed by atoms with Crippen LogP contribution in [0.1, 0.15) is 41.9 Å². The van der Waals surface area contributed by atoms with E-state index >= 15 is 0 Å². The second-order valence-corrected chi connectivity index (χ2v) is 7.55. The summed E-state index contributed by atoms with van der Waals surface area (Å²) in [6.07, 6.45) is 3.74. The molecule has 2 aliphatic heterocycles. The molecule has 2 N–H and O–H groups in total. The number of benzene rings is 1. The highest BCUT2D eigenvalue weighted by Crippen LogP contribution is 2.37. The third-order valence-corrected chi connectivity index (χ3v) is 5.74. The van der Waals surface area contributed by atoms with Crippen molar-refractivity contribution in [3.05, 3.63) is 50.2 Å². The minimum atomic E-state index is -0.0957. The molecule has 0 aliphatic carbocycles. The number of halogens is 1. The van der Waals surface area contributed by atoms with Crippen molar-refractivity contribution in [2.75, 3.05) is 20.2 Å². The van der Waals surface area contributed by atoms with Crippen LogP contribution >= 0.6 is 11.6 Å². The van der Waals surface area contributed by atoms with Gasteiger partial charge in [0, 0.05) is 32.6 Å². The van der Waals surface area contributed by atoms with Crippen LogP contribution in [0.5, 0.6) is 11.5 Å². The van der Waals surface area contributed by atoms with E-state index in [9.17, 15) is 9.90 Å². The highest BCUT2D eigenvalue weighted by atomic mass is 35.5. The molecule has 1 aromatic carbocycles. The van der Waals surface area contributed by atoms with Crippen molar-refractivity contribution in [1.82, 2.24) is 14.9 Å². The summed E-state index contributed by atoms with van der Waals surface area (Å²) in [6.45, 7) is 2.59. The second-order valence-electron chi connectivity index (χ2n) is 7.18. The predicted molar refractivity (Wildman–Crippen MR) is 108 cm³/mol. The maximum Gasteiger partial charge on any atom is 0.255 e. The molecule has 0 radical (unpaired) electrons. The average Bonchev–Trinajstić information content (AvgIpc) is 2.72. The number of aromatic amines is 1. The molecule has 1 aromatic heterocycles. The Hall–Kier alpha value is -2.38. The van der Waals surface area contributed by atoms with Gasteiger partial charge >= 0.3 is 0 Å². The Labute approximate surface area is 168 Å². The molecule has 148 valence electrons. The number of ether oxygens (including phenoxy) is 1. The Kier molecular flexibility index (Phi) is 5.37. The molecule has 0 unspecified atom stereocenters. The highest BCUT2D eigenvalue weighted by Gasteiger charge is 2.24. The lowest BCUT2D eigenvalue weighted by Crippen LogP contribution is -2.36. The number of aromatic nitrogens is 2. The van der Waals surface area contributed by atoms with E-state index in [-0.39, 0.29) is 16.3 Å². The summed E-state index contributed by atoms with van der Waals surface area (Å²) in [5.41, 5.74) is 3.16. The number of hydrogen-bond donors (Lipinski definition) is 2. The van der Waals surface area contributed by atoms with E-state index in [0.717, 1.165) is 49.3 Å². The molecule has 4 rings (SSSR count). The summed E-state index contributed by atoms with van der Waals surface area (Å²) >= 11 is 6.28. The van der Waals surface area contributed by atoms with Crippen molar-refractivity contribution >= 4 is 17.3 Å². The summed E-state index contributed by atoms with van der Waals surface area (Å²) in [5.74, 6) is 0.910. The van der Waals surface area contributed by atoms with Crippen LogP contribution in [0.4, 0.5) is 0 Å². The molecule has 0 fully saturated rings. The van der Waals surface area contributed by atoms with Crippen LogP contribution < -0.4 is 10.3 Å². The number of aromatic hydroxyl groups is 1. The Bertz CT molecular complexity index is 986. The van der Waals surface area contributed by atoms with Gasteiger partial charge in [0.2, 0.25) is 0 Å². The first kappa shape index (κ1) is 19.0. The SMILES string of the molecule is COc1ccc(CN2CCc3nc(C4=NCCCC4)[nH]c(=O)c3C2)c(Cl)c1O. The normalized spacial score (nSPS) is 17.1. The lowest BCUT2D eigenvalue weighted by molar-refractivity contribution is 0.241. The fourth-order valence-corrected chi connectivity index (χ4v) is 3.98. The van der Waals surface area contributed by atoms with Gasteiger partial charge in [-0.2, -0.15) is 0 Å². The van der Waals surface area contributed by atoms with E-state index in [1.807, 2.05) is 6.07 Å². The molecule has 0 amide bonds. The molecule has 0 spiro atoms. The molecule has 0 bridgehead atoms. The maximum atomic E-state index is 12.7. The number of phenolic OH excluding ortho intramolecular Hbond substituents is 1. The summed E-state index contributed by atoms with van der Waals surface area (Å²) < 4.78 is 5.08. The van der Waals surface area contributed by atoms with Gasteiger partial charge in [-0.1, -0.05) is 17.7 Å². The van der Waals surface area contributed by atoms with Crippen LogP contribution in [0.15, 0.2) is 21.9 Å². The number of nitrogens with one attached hydrogen (secondary N) is 1. The molecule has 0 atom stereocenters. The van der Waals surface area contributed by atoms with Gasteiger partial charge < -0.3 is 14.8 Å². The fourth-order valence-electron chi connectivity index (χ4n) is 3.76. The van der Waals surface area contributed by atoms with E-state index in [1.165, 1.54) is 7.11 Å². The van der Waals surface area contributed by atoms with Crippen LogP contribution in [0.2, 0.25) is 5.02 Å². The lowest BCUT2D eigenvalue weighted by atomic mass is 10.0. The van der Waals surface area contributed by atoms with Gasteiger partial charge in [-0.3, -0.25) is 14.7 Å². The van der Waals surface area contributed by atoms with Gasteiger partial charge in [-0.15, -0.1) is 0 Å². The third-order valence-electron chi connectivity index (χ3n) is 5.32. The molecule has 0 saturated heterocycles. The zero-order chi connectivity index (χ0) is 19.7. The predicted octanol–water partition coefficient (Wildman–Crippen LogP) is 2.67. The molecule has 2 aliphatic rings. The van der Waals surface area contributed by atoms with Crippen LogP contribution in [0, 0.1) is 0 Å². The zero-order valence-corrected chi connectivity index (χ0v) is 16.6. The Morgan fingerprint density at radius 2 is 2.18 bits per heavy atom. The van der Waals surface area contributed by atoms with E-state index in [0.29, 0.717) is 36.6 Å². The molecule has 8 heteroatoms. The standard InChI is InChI=1S/C20H23ClN4O3/c1-28-16-6-5-12(17(21)18(16)26)10-25-9-7-14-13(11-25)20(27)24-19(23-14)15-4-2-3-8-22-15/h5-6,26H,2-4,7-11H2,1H3,(H,23,24,27). The van der Waals surface area contributed by atoms with Gasteiger partial charge in [0.1, 0.15) is 0 Å². The van der Waals surface area contributed by atoms with Crippen LogP contribution in [0.25, 0.3) is 0 Å². The molecular weight excluding hydrogens is 380 g/mol. The fraction of sp³-hybridized carbons (Fsp3) is 0.450. The minimum Gasteiger partial charge on any atom is -0.503 e. The molecule has 2 aromatic rings. The number of fused-ring (bicyclic) bond motifs is 1. The monoisotopic (exact) mass is 402 g/mol. The van der Waals surface area contributed by atoms with Crippen molar-refractivity contribution in [2.45, 2.75) is 38.8 Å². The topological polar surface area (TPSA) is 90.8 Å². The van der Waals surface area contributed by atoms with Gasteiger partial charge in [0.15, 0.2) is 17.3 Å². The minimum absolute atomic E-state index is 0.0588. The van der Waals surface area contributed by atoms with Crippen molar-refractivity contribution < 1.29 is 9.84 Å². The van der Waals surface area contributed by atoms with Gasteiger partial charge in [-0.05, 0) is 30.9 Å². The quantitative estimate of drug-likeness (QED) is 0.820. The molecule has 3 heterocycles. The van der Waals surface area contributed by atoms with Crippen molar-refractivity contribution in [2.24, 2.45) is 4.99 Å². The van der Waals surface area contributed by atoms with E-state index < -0.39 is 0 Å². The maximum absolute atomic E-state index is 12.7. The zero-order valence-electron chi connectivity index (χ0n) is 15.8. The van der Waals surface area contributed by atoms with Crippen molar-refractivity contribution in [3.63, 3.8) is 0 Å². The number of phenols is 1. The Balaban J connectivity index is 1.55. The number of rotatable bonds is 4. The first-order valence-corrected chi connectivity index (χ1v) is 9.87. The molecule has 28 heavy (non-hydrogen) atoms. The van der Waals surface area contributed by atoms with Crippen molar-refractivity contribution in [1.29, 1.82) is 0 Å². The molecule has 7 nitrogen and oxygen atoms in total. The van der Waals surface area contributed by atoms with Crippen molar-refractivity contribution in [3.8, 4) is 11.5 Å². The summed E-state index contributed by atoms with van der Waals surface area (Å²) in [4.78, 5) is 26.9. The van der Waals surface area contributed by atoms with Gasteiger partial charge in [-0.25, -0.2) is 4.98 Å². The molecule has 0 saturated carbocycles. The number of H-pyrrole nitrogens is 1. The number of hydrogen-bond acceptors (Lipinski definition) is 6. The summed E-state index contributed by atoms with van der Waals surface area (Å²) in [7, 11) is 1.49. The largest absolute Gasteiger partial charge is 0.503 e. The van der Waals surface area contributed by atoms with E-state index in [1.54, 1.807) is 6.07 Å². The smallest absolute Gasteiger partial charge is 0.255 e. The highest BCUT2D eigenvalue weighted by molar-refractivity contribution is 6.33. The van der Waals surface area contributed by atoms with Crippen LogP contribution in [-0.2, 0) is 19.5 Å². The van der Waals surface area contributed by atoms with E-state index in [2.05, 4.69) is 14.9 Å². The third kappa shape index (κ3) is 3.64. The summed E-state index contributed by atoms with van der Waals surface area (Å²) in [5, 5.41) is 10.4. The number of aliphatic imine (C=N–C) groups is 1. The molecular formula is C20H23ClN4O3. The number of nitrogens with zero attached hydrogens (tertiary/aromatic N) is 3. The first-order chi connectivity index (χ1) is 13.6. The van der Waals surface area contributed by atoms with Crippen LogP contribution in [0.3, 0.4) is 0 Å². The lowest BCUT2D eigenvalue weighted by Gasteiger charge is -2.28. The average molecular weight is 403 g/mol. The van der Waals surface area contributed by atoms with Gasteiger partial charge in [0.25, 0.3) is 5.56 Å². The summed E-state index contributed by atoms with van der Waals surface area (Å²) in [6, 6.07) is 3.53. The second kappa shape index (κ2) is 7.93. The van der Waals surface area contributed by atoms with Gasteiger partial charge in [0.05, 0.1) is 29.1 Å². The van der Waals surface area contributed by atoms with E-state index in [4.69, 9.17) is 21.3 Å². The first-order valence-electron chi connectivity index (χ1n) is 9.49.